The van der Waals surface area contributed by atoms with Gasteiger partial charge in [0.05, 0.1) is 6.33 Å². The zero-order chi connectivity index (χ0) is 18.1. The fourth-order valence-corrected chi connectivity index (χ4v) is 2.59. The van der Waals surface area contributed by atoms with Gasteiger partial charge in [-0.25, -0.2) is 4.98 Å². The predicted octanol–water partition coefficient (Wildman–Crippen LogP) is 3.08. The van der Waals surface area contributed by atoms with Gasteiger partial charge in [0.25, 0.3) is 5.91 Å². The van der Waals surface area contributed by atoms with Gasteiger partial charge < -0.3 is 15.2 Å². The molecule has 25 heavy (non-hydrogen) atoms. The first kappa shape index (κ1) is 18.7. The summed E-state index contributed by atoms with van der Waals surface area (Å²) < 4.78 is 1.98. The number of anilines is 1. The van der Waals surface area contributed by atoms with E-state index in [4.69, 9.17) is 0 Å². The topological polar surface area (TPSA) is 76.0 Å². The number of rotatable bonds is 9. The average Bonchev–Trinajstić information content (AvgIpc) is 3.13. The van der Waals surface area contributed by atoms with Gasteiger partial charge >= 0.3 is 0 Å². The van der Waals surface area contributed by atoms with Crippen LogP contribution in [0.3, 0.4) is 0 Å². The van der Waals surface area contributed by atoms with Crippen LogP contribution in [0.5, 0.6) is 0 Å². The van der Waals surface area contributed by atoms with Gasteiger partial charge in [0.2, 0.25) is 5.91 Å². The van der Waals surface area contributed by atoms with Crippen LogP contribution in [0.1, 0.15) is 43.5 Å². The summed E-state index contributed by atoms with van der Waals surface area (Å²) in [5.74, 6) is -0.0522. The lowest BCUT2D eigenvalue weighted by Gasteiger charge is -2.13. The molecule has 0 unspecified atom stereocenters. The lowest BCUT2D eigenvalue weighted by Crippen LogP contribution is -2.25. The molecule has 1 aromatic heterocycles. The third kappa shape index (κ3) is 5.74. The third-order valence-corrected chi connectivity index (χ3v) is 4.21. The maximum atomic E-state index is 12.1. The summed E-state index contributed by atoms with van der Waals surface area (Å²) in [6.07, 6.45) is 7.88. The van der Waals surface area contributed by atoms with Gasteiger partial charge in [-0.3, -0.25) is 9.59 Å². The van der Waals surface area contributed by atoms with Crippen molar-refractivity contribution >= 4 is 17.5 Å². The summed E-state index contributed by atoms with van der Waals surface area (Å²) in [5, 5.41) is 5.80. The first-order valence-corrected chi connectivity index (χ1v) is 8.78. The van der Waals surface area contributed by atoms with Crippen LogP contribution in [0.2, 0.25) is 0 Å². The van der Waals surface area contributed by atoms with E-state index in [0.29, 0.717) is 17.8 Å². The third-order valence-electron chi connectivity index (χ3n) is 4.21. The minimum Gasteiger partial charge on any atom is -0.352 e. The van der Waals surface area contributed by atoms with E-state index in [-0.39, 0.29) is 17.7 Å². The Morgan fingerprint density at radius 3 is 2.48 bits per heavy atom. The van der Waals surface area contributed by atoms with Crippen molar-refractivity contribution in [1.29, 1.82) is 0 Å². The second kappa shape index (κ2) is 9.61. The Hall–Kier alpha value is -2.63. The van der Waals surface area contributed by atoms with Crippen molar-refractivity contribution in [2.75, 3.05) is 11.9 Å². The highest BCUT2D eigenvalue weighted by Gasteiger charge is 2.14. The van der Waals surface area contributed by atoms with Gasteiger partial charge in [0.15, 0.2) is 0 Å². The van der Waals surface area contributed by atoms with Gasteiger partial charge in [-0.1, -0.05) is 13.8 Å². The largest absolute Gasteiger partial charge is 0.352 e. The van der Waals surface area contributed by atoms with Gasteiger partial charge in [0, 0.05) is 42.7 Å². The molecular formula is C19H26N4O2. The molecule has 1 aromatic carbocycles. The van der Waals surface area contributed by atoms with E-state index in [1.807, 2.05) is 24.6 Å². The van der Waals surface area contributed by atoms with Gasteiger partial charge in [0.1, 0.15) is 0 Å². The maximum Gasteiger partial charge on any atom is 0.251 e. The van der Waals surface area contributed by atoms with E-state index in [9.17, 15) is 9.59 Å². The summed E-state index contributed by atoms with van der Waals surface area (Å²) in [5.41, 5.74) is 1.30. The summed E-state index contributed by atoms with van der Waals surface area (Å²) in [6.45, 7) is 5.44. The molecule has 0 saturated carbocycles. The molecule has 1 heterocycles. The molecule has 134 valence electrons. The number of hydrogen-bond donors (Lipinski definition) is 2. The van der Waals surface area contributed by atoms with Crippen molar-refractivity contribution in [3.63, 3.8) is 0 Å². The summed E-state index contributed by atoms with van der Waals surface area (Å²) in [7, 11) is 0. The molecule has 0 bridgehead atoms. The fraction of sp³-hybridized carbons (Fsp3) is 0.421. The maximum absolute atomic E-state index is 12.1. The van der Waals surface area contributed by atoms with Crippen molar-refractivity contribution in [2.24, 2.45) is 5.92 Å². The number of carbonyl (C=O) groups is 2. The van der Waals surface area contributed by atoms with E-state index in [1.54, 1.807) is 36.8 Å². The highest BCUT2D eigenvalue weighted by molar-refractivity contribution is 5.96. The zero-order valence-electron chi connectivity index (χ0n) is 14.9. The molecular weight excluding hydrogens is 316 g/mol. The van der Waals surface area contributed by atoms with E-state index >= 15 is 0 Å². The second-order valence-corrected chi connectivity index (χ2v) is 5.99. The molecule has 0 atom stereocenters. The summed E-state index contributed by atoms with van der Waals surface area (Å²) in [4.78, 5) is 28.2. The monoisotopic (exact) mass is 342 g/mol. The average molecular weight is 342 g/mol. The van der Waals surface area contributed by atoms with Crippen LogP contribution in [-0.4, -0.2) is 27.9 Å². The van der Waals surface area contributed by atoms with Crippen molar-refractivity contribution in [3.8, 4) is 0 Å². The second-order valence-electron chi connectivity index (χ2n) is 5.99. The first-order chi connectivity index (χ1) is 12.1. The Morgan fingerprint density at radius 1 is 1.16 bits per heavy atom. The van der Waals surface area contributed by atoms with E-state index < -0.39 is 0 Å². The van der Waals surface area contributed by atoms with Crippen LogP contribution >= 0.6 is 0 Å². The SMILES string of the molecule is CCC(CC)C(=O)Nc1ccc(C(=O)NCCCn2ccnc2)cc1. The van der Waals surface area contributed by atoms with Crippen molar-refractivity contribution < 1.29 is 9.59 Å². The van der Waals surface area contributed by atoms with Crippen LogP contribution < -0.4 is 10.6 Å². The van der Waals surface area contributed by atoms with Crippen LogP contribution in [0.25, 0.3) is 0 Å². The molecule has 6 nitrogen and oxygen atoms in total. The van der Waals surface area contributed by atoms with E-state index in [1.165, 1.54) is 0 Å². The predicted molar refractivity (Wildman–Crippen MR) is 98.3 cm³/mol. The number of nitrogens with zero attached hydrogens (tertiary/aromatic N) is 2. The van der Waals surface area contributed by atoms with Crippen molar-refractivity contribution in [3.05, 3.63) is 48.5 Å². The fourth-order valence-electron chi connectivity index (χ4n) is 2.59. The first-order valence-electron chi connectivity index (χ1n) is 8.78. The quantitative estimate of drug-likeness (QED) is 0.688. The molecule has 0 spiro atoms. The Balaban J connectivity index is 1.78. The number of benzene rings is 1. The molecule has 0 aliphatic carbocycles. The Morgan fingerprint density at radius 2 is 1.88 bits per heavy atom. The van der Waals surface area contributed by atoms with E-state index in [2.05, 4.69) is 15.6 Å². The molecule has 2 aromatic rings. The molecule has 6 heteroatoms. The zero-order valence-corrected chi connectivity index (χ0v) is 14.9. The normalized spacial score (nSPS) is 10.7. The van der Waals surface area contributed by atoms with Crippen molar-refractivity contribution in [1.82, 2.24) is 14.9 Å². The summed E-state index contributed by atoms with van der Waals surface area (Å²) in [6, 6.07) is 6.99. The highest BCUT2D eigenvalue weighted by atomic mass is 16.2. The molecule has 2 rings (SSSR count). The summed E-state index contributed by atoms with van der Waals surface area (Å²) >= 11 is 0. The van der Waals surface area contributed by atoms with Gasteiger partial charge in [-0.05, 0) is 43.5 Å². The highest BCUT2D eigenvalue weighted by Crippen LogP contribution is 2.14. The van der Waals surface area contributed by atoms with Crippen LogP contribution in [-0.2, 0) is 11.3 Å². The van der Waals surface area contributed by atoms with Crippen LogP contribution in [0.4, 0.5) is 5.69 Å². The number of nitrogens with one attached hydrogen (secondary N) is 2. The van der Waals surface area contributed by atoms with Crippen molar-refractivity contribution in [2.45, 2.75) is 39.7 Å². The van der Waals surface area contributed by atoms with Gasteiger partial charge in [-0.2, -0.15) is 0 Å². The molecule has 0 aliphatic heterocycles. The number of carbonyl (C=O) groups excluding carboxylic acids is 2. The number of hydrogen-bond acceptors (Lipinski definition) is 3. The lowest BCUT2D eigenvalue weighted by molar-refractivity contribution is -0.120. The van der Waals surface area contributed by atoms with Gasteiger partial charge in [-0.15, -0.1) is 0 Å². The minimum atomic E-state index is -0.108. The Bertz CT molecular complexity index is 661. The molecule has 2 amide bonds. The lowest BCUT2D eigenvalue weighted by atomic mass is 10.0. The Kier molecular flexibility index (Phi) is 7.19. The number of aryl methyl sites for hydroxylation is 1. The minimum absolute atomic E-state index is 0.0264. The van der Waals surface area contributed by atoms with Crippen LogP contribution in [0.15, 0.2) is 43.0 Å². The molecule has 0 fully saturated rings. The molecule has 0 aliphatic rings. The number of amides is 2. The standard InChI is InChI=1S/C19H26N4O2/c1-3-15(4-2)19(25)22-17-8-6-16(7-9-17)18(24)21-10-5-12-23-13-11-20-14-23/h6-9,11,13-15H,3-5,10,12H2,1-2H3,(H,21,24)(H,22,25). The van der Waals surface area contributed by atoms with E-state index in [0.717, 1.165) is 25.8 Å². The smallest absolute Gasteiger partial charge is 0.251 e. The molecule has 2 N–H and O–H groups in total. The molecule has 0 saturated heterocycles. The Labute approximate surface area is 148 Å². The number of aromatic nitrogens is 2. The molecule has 0 radical (unpaired) electrons. The van der Waals surface area contributed by atoms with Crippen LogP contribution in [0, 0.1) is 5.92 Å². The number of imidazole rings is 1.